The van der Waals surface area contributed by atoms with Crippen molar-refractivity contribution in [2.75, 3.05) is 11.5 Å². The van der Waals surface area contributed by atoms with Crippen LogP contribution >= 0.6 is 22.9 Å². The minimum absolute atomic E-state index is 0.331. The zero-order chi connectivity index (χ0) is 29.3. The summed E-state index contributed by atoms with van der Waals surface area (Å²) in [5, 5.41) is 3.74. The second-order valence-corrected chi connectivity index (χ2v) is 8.42. The molecule has 0 amide bonds. The summed E-state index contributed by atoms with van der Waals surface area (Å²) in [6.45, 7) is -8.49. The Labute approximate surface area is 189 Å². The summed E-state index contributed by atoms with van der Waals surface area (Å²) in [4.78, 5) is 12.0. The van der Waals surface area contributed by atoms with Crippen LogP contribution in [-0.2, 0) is 16.4 Å². The van der Waals surface area contributed by atoms with Gasteiger partial charge in [-0.2, -0.15) is 0 Å². The number of thiophene rings is 1. The van der Waals surface area contributed by atoms with Crippen molar-refractivity contribution >= 4 is 44.6 Å². The highest BCUT2D eigenvalue weighted by Crippen LogP contribution is 2.36. The van der Waals surface area contributed by atoms with Crippen molar-refractivity contribution in [2.24, 2.45) is 0 Å². The second-order valence-electron chi connectivity index (χ2n) is 5.48. The molecule has 0 radical (unpaired) electrons. The zero-order valence-corrected chi connectivity index (χ0v) is 16.3. The van der Waals surface area contributed by atoms with E-state index in [-0.39, 0.29) is 11.5 Å². The molecule has 0 unspecified atom stereocenters. The Morgan fingerprint density at radius 3 is 2.93 bits per heavy atom. The molecule has 0 bridgehead atoms. The molecular formula is C18H15ClN2O6S2. The van der Waals surface area contributed by atoms with Crippen LogP contribution in [0.2, 0.25) is 5.02 Å². The Bertz CT molecular complexity index is 1580. The predicted molar refractivity (Wildman–Crippen MR) is 107 cm³/mol. The summed E-state index contributed by atoms with van der Waals surface area (Å²) in [6, 6.07) is 2.60. The van der Waals surface area contributed by atoms with E-state index in [0.717, 1.165) is 23.6 Å². The number of fused-ring (bicyclic) bond motifs is 1. The minimum Gasteiger partial charge on any atom is -0.454 e. The van der Waals surface area contributed by atoms with Crippen LogP contribution in [0.4, 0.5) is 5.88 Å². The molecule has 29 heavy (non-hydrogen) atoms. The number of hydrogen-bond donors (Lipinski definition) is 1. The summed E-state index contributed by atoms with van der Waals surface area (Å²) < 4.78 is 120. The van der Waals surface area contributed by atoms with Gasteiger partial charge in [0, 0.05) is 17.3 Å². The Kier molecular flexibility index (Phi) is 2.79. The lowest BCUT2D eigenvalue weighted by Crippen LogP contribution is -2.16. The van der Waals surface area contributed by atoms with E-state index in [4.69, 9.17) is 39.3 Å². The zero-order valence-electron chi connectivity index (χ0n) is 23.9. The van der Waals surface area contributed by atoms with Gasteiger partial charge in [-0.25, -0.2) is 13.1 Å². The first-order valence-electron chi connectivity index (χ1n) is 12.5. The van der Waals surface area contributed by atoms with Crippen molar-refractivity contribution in [1.29, 1.82) is 0 Å². The number of sulfonamides is 1. The molecule has 1 aliphatic heterocycles. The number of carbonyl (C=O) groups is 1. The maximum absolute atomic E-state index is 13.4. The molecular weight excluding hydrogens is 440 g/mol. The third-order valence-electron chi connectivity index (χ3n) is 3.62. The molecule has 0 saturated heterocycles. The average molecular weight is 465 g/mol. The molecule has 0 fully saturated rings. The molecule has 1 aliphatic rings. The highest BCUT2D eigenvalue weighted by Gasteiger charge is 2.27. The topological polar surface area (TPSA) is 108 Å². The molecule has 3 aromatic rings. The van der Waals surface area contributed by atoms with E-state index in [9.17, 15) is 13.2 Å². The number of aryl methyl sites for hydroxylation is 2. The Hall–Kier alpha value is -2.56. The lowest BCUT2D eigenvalue weighted by Gasteiger charge is -2.09. The normalized spacial score (nSPS) is 21.1. The molecule has 8 nitrogen and oxygen atoms in total. The number of ketones is 1. The molecule has 0 spiro atoms. The molecule has 1 aromatic carbocycles. The van der Waals surface area contributed by atoms with Crippen molar-refractivity contribution in [3.05, 3.63) is 50.3 Å². The quantitative estimate of drug-likeness (QED) is 0.550. The smallest absolute Gasteiger partial charge is 0.265 e. The van der Waals surface area contributed by atoms with Crippen LogP contribution in [0, 0.1) is 13.7 Å². The fourth-order valence-corrected chi connectivity index (χ4v) is 4.80. The van der Waals surface area contributed by atoms with Crippen LogP contribution in [0.5, 0.6) is 11.5 Å². The fourth-order valence-electron chi connectivity index (χ4n) is 2.31. The van der Waals surface area contributed by atoms with Crippen LogP contribution < -0.4 is 14.2 Å². The summed E-state index contributed by atoms with van der Waals surface area (Å²) in [5.74, 6) is -2.91. The largest absolute Gasteiger partial charge is 0.454 e. The molecule has 0 aliphatic carbocycles. The number of nitrogens with zero attached hydrogens (tertiary/aromatic N) is 1. The number of hydrogen-bond acceptors (Lipinski definition) is 8. The van der Waals surface area contributed by atoms with E-state index in [1.165, 1.54) is 0 Å². The molecule has 0 saturated carbocycles. The van der Waals surface area contributed by atoms with E-state index in [2.05, 4.69) is 5.16 Å². The first-order valence-corrected chi connectivity index (χ1v) is 10.3. The van der Waals surface area contributed by atoms with Crippen molar-refractivity contribution in [1.82, 2.24) is 5.16 Å². The molecule has 4 rings (SSSR count). The first-order chi connectivity index (χ1) is 17.6. The van der Waals surface area contributed by atoms with Crippen LogP contribution in [0.1, 0.15) is 40.2 Å². The van der Waals surface area contributed by atoms with Gasteiger partial charge >= 0.3 is 0 Å². The van der Waals surface area contributed by atoms with Gasteiger partial charge in [0.2, 0.25) is 6.75 Å². The molecule has 152 valence electrons. The lowest BCUT2D eigenvalue weighted by atomic mass is 10.0. The van der Waals surface area contributed by atoms with E-state index in [1.54, 1.807) is 0 Å². The second kappa shape index (κ2) is 7.36. The highest BCUT2D eigenvalue weighted by atomic mass is 35.5. The number of nitrogens with one attached hydrogen (secondary N) is 1. The number of benzene rings is 1. The number of anilines is 1. The van der Waals surface area contributed by atoms with Crippen molar-refractivity contribution in [2.45, 2.75) is 25.0 Å². The maximum atomic E-state index is 13.4. The Balaban J connectivity index is 1.75. The number of rotatable bonds is 6. The number of aromatic nitrogens is 1. The standard InChI is InChI=1S/C18H15ClN2O6S2/c1-9-5-13-14(26-8-25-13)7-11(9)6-12(22)17-15(3-4-28-17)29(23,24)21-18-16(19)10(2)20-27-18/h3-5,7,21H,6,8H2,1-2H3/i1D3,2D3,6D2,8D2. The third kappa shape index (κ3) is 3.70. The number of carbonyl (C=O) groups excluding carboxylic acids is 1. The van der Waals surface area contributed by atoms with Gasteiger partial charge in [-0.3, -0.25) is 4.79 Å². The van der Waals surface area contributed by atoms with Crippen LogP contribution in [0.3, 0.4) is 0 Å². The van der Waals surface area contributed by atoms with Crippen molar-refractivity contribution in [3.63, 3.8) is 0 Å². The van der Waals surface area contributed by atoms with Crippen LogP contribution in [0.15, 0.2) is 33.0 Å². The van der Waals surface area contributed by atoms with Gasteiger partial charge < -0.3 is 14.0 Å². The van der Waals surface area contributed by atoms with Gasteiger partial charge in [0.05, 0.1) is 4.88 Å². The van der Waals surface area contributed by atoms with Crippen LogP contribution in [-0.4, -0.2) is 26.1 Å². The summed E-state index contributed by atoms with van der Waals surface area (Å²) >= 11 is 6.42. The molecule has 3 heterocycles. The van der Waals surface area contributed by atoms with Gasteiger partial charge in [0.1, 0.15) is 18.4 Å². The fraction of sp³-hybridized carbons (Fsp3) is 0.222. The Morgan fingerprint density at radius 1 is 1.41 bits per heavy atom. The third-order valence-corrected chi connectivity index (χ3v) is 6.39. The van der Waals surface area contributed by atoms with E-state index in [1.807, 2.05) is 4.72 Å². The number of ether oxygens (including phenoxy) is 2. The molecule has 0 atom stereocenters. The Morgan fingerprint density at radius 2 is 2.21 bits per heavy atom. The molecule has 11 heteroatoms. The predicted octanol–water partition coefficient (Wildman–Crippen LogP) is 3.96. The van der Waals surface area contributed by atoms with Gasteiger partial charge in [-0.1, -0.05) is 16.8 Å². The summed E-state index contributed by atoms with van der Waals surface area (Å²) in [7, 11) is -4.74. The molecule has 2 aromatic heterocycles. The van der Waals surface area contributed by atoms with E-state index < -0.39 is 80.1 Å². The highest BCUT2D eigenvalue weighted by molar-refractivity contribution is 7.93. The van der Waals surface area contributed by atoms with Gasteiger partial charge in [-0.05, 0) is 48.4 Å². The first kappa shape index (κ1) is 11.0. The van der Waals surface area contributed by atoms with Crippen molar-refractivity contribution < 1.29 is 40.9 Å². The average Bonchev–Trinajstić information content (AvgIpc) is 3.47. The number of halogens is 1. The summed E-state index contributed by atoms with van der Waals surface area (Å²) in [5.41, 5.74) is -2.13. The van der Waals surface area contributed by atoms with Gasteiger partial charge in [0.15, 0.2) is 17.3 Å². The molecule has 1 N–H and O–H groups in total. The van der Waals surface area contributed by atoms with Crippen LogP contribution in [0.25, 0.3) is 0 Å². The minimum atomic E-state index is -4.74. The lowest BCUT2D eigenvalue weighted by molar-refractivity contribution is 0.0994. The SMILES string of the molecule is [2H]C1([2H])Oc2cc(C([2H])([2H])[2H])c(C([2H])([2H])C(=O)c3sccc3S(=O)(=O)Nc3onc(C([2H])([2H])[2H])c3Cl)cc2O1. The maximum Gasteiger partial charge on any atom is 0.265 e. The monoisotopic (exact) mass is 464 g/mol. The van der Waals surface area contributed by atoms with Crippen molar-refractivity contribution in [3.8, 4) is 11.5 Å². The van der Waals surface area contributed by atoms with Gasteiger partial charge in [-0.15, -0.1) is 11.3 Å². The van der Waals surface area contributed by atoms with E-state index >= 15 is 0 Å². The number of Topliss-reactive ketones (excluding diaryl/α,β-unsaturated/α-hetero) is 1. The van der Waals surface area contributed by atoms with Gasteiger partial charge in [0.25, 0.3) is 15.9 Å². The summed E-state index contributed by atoms with van der Waals surface area (Å²) in [6.07, 6.45) is -3.16. The van der Waals surface area contributed by atoms with E-state index in [0.29, 0.717) is 11.3 Å².